The van der Waals surface area contributed by atoms with E-state index in [4.69, 9.17) is 18.6 Å². The molecule has 3 rings (SSSR count). The quantitative estimate of drug-likeness (QED) is 0.381. The highest BCUT2D eigenvalue weighted by atomic mass is 28.4. The molecule has 0 aliphatic carbocycles. The van der Waals surface area contributed by atoms with E-state index in [0.717, 1.165) is 0 Å². The summed E-state index contributed by atoms with van der Waals surface area (Å²) in [5.74, 6) is -1.81. The molecule has 7 heteroatoms. The SMILES string of the molecule is CO[C@@]1(CC(=O)OC(C)(C)C)O[C@H](CO[Si](c2ccccc2)(c2ccccc2)C(C)(C)C)C[C@@H](O)C1(C)C. The van der Waals surface area contributed by atoms with E-state index < -0.39 is 43.3 Å². The molecule has 0 amide bonds. The average Bonchev–Trinajstić information content (AvgIpc) is 2.82. The maximum absolute atomic E-state index is 12.9. The molecule has 1 aliphatic heterocycles. The minimum absolute atomic E-state index is 0.138. The van der Waals surface area contributed by atoms with Gasteiger partial charge in [0.1, 0.15) is 12.0 Å². The number of hydrogen-bond donors (Lipinski definition) is 1. The summed E-state index contributed by atoms with van der Waals surface area (Å²) in [6.45, 7) is 16.1. The molecular formula is C31H46O6Si. The molecule has 0 radical (unpaired) electrons. The van der Waals surface area contributed by atoms with Crippen LogP contribution in [0.15, 0.2) is 60.7 Å². The van der Waals surface area contributed by atoms with Crippen LogP contribution in [0, 0.1) is 5.41 Å². The number of carbonyl (C=O) groups is 1. The minimum atomic E-state index is -2.81. The van der Waals surface area contributed by atoms with E-state index in [1.165, 1.54) is 17.5 Å². The molecule has 1 heterocycles. The van der Waals surface area contributed by atoms with Crippen molar-refractivity contribution in [2.75, 3.05) is 13.7 Å². The molecule has 0 spiro atoms. The maximum Gasteiger partial charge on any atom is 0.311 e. The van der Waals surface area contributed by atoms with Crippen LogP contribution in [0.2, 0.25) is 5.04 Å². The summed E-state index contributed by atoms with van der Waals surface area (Å²) < 4.78 is 25.2. The van der Waals surface area contributed by atoms with Gasteiger partial charge in [-0.25, -0.2) is 0 Å². The van der Waals surface area contributed by atoms with Crippen molar-refractivity contribution in [3.8, 4) is 0 Å². The van der Waals surface area contributed by atoms with E-state index in [1.807, 2.05) is 46.8 Å². The zero-order valence-electron chi connectivity index (χ0n) is 24.5. The van der Waals surface area contributed by atoms with Gasteiger partial charge in [0.15, 0.2) is 5.79 Å². The summed E-state index contributed by atoms with van der Waals surface area (Å²) in [6.07, 6.45) is -1.03. The number of aliphatic hydroxyl groups excluding tert-OH is 1. The monoisotopic (exact) mass is 542 g/mol. The summed E-state index contributed by atoms with van der Waals surface area (Å²) in [5, 5.41) is 13.4. The maximum atomic E-state index is 12.9. The standard InChI is InChI=1S/C31H46O6Si/c1-28(2,3)37-27(33)21-31(34-9)30(7,8)26(32)20-23(36-31)22-35-38(29(4,5)6,24-16-12-10-13-17-24)25-18-14-11-15-19-25/h10-19,23,26,32H,20-22H2,1-9H3/t23-,26+,31-/m0/s1. The second kappa shape index (κ2) is 11.2. The first kappa shape index (κ1) is 30.5. The van der Waals surface area contributed by atoms with E-state index in [-0.39, 0.29) is 18.1 Å². The largest absolute Gasteiger partial charge is 0.460 e. The Morgan fingerprint density at radius 1 is 0.974 bits per heavy atom. The van der Waals surface area contributed by atoms with Crippen LogP contribution in [0.5, 0.6) is 0 Å². The third-order valence-corrected chi connectivity index (χ3v) is 12.7. The van der Waals surface area contributed by atoms with Gasteiger partial charge in [-0.2, -0.15) is 0 Å². The fourth-order valence-corrected chi connectivity index (χ4v) is 10.2. The van der Waals surface area contributed by atoms with Crippen molar-refractivity contribution >= 4 is 24.7 Å². The third kappa shape index (κ3) is 6.07. The topological polar surface area (TPSA) is 74.2 Å². The molecule has 38 heavy (non-hydrogen) atoms. The summed E-state index contributed by atoms with van der Waals surface area (Å²) in [5.41, 5.74) is -1.50. The van der Waals surface area contributed by atoms with Gasteiger partial charge in [-0.3, -0.25) is 4.79 Å². The lowest BCUT2D eigenvalue weighted by molar-refractivity contribution is -0.349. The Morgan fingerprint density at radius 3 is 1.89 bits per heavy atom. The first-order chi connectivity index (χ1) is 17.6. The highest BCUT2D eigenvalue weighted by Crippen LogP contribution is 2.48. The number of rotatable bonds is 8. The number of carbonyl (C=O) groups excluding carboxylic acids is 1. The number of ether oxygens (including phenoxy) is 3. The van der Waals surface area contributed by atoms with Crippen molar-refractivity contribution in [2.45, 2.75) is 96.9 Å². The Bertz CT molecular complexity index is 1020. The van der Waals surface area contributed by atoms with Gasteiger partial charge in [0.05, 0.1) is 18.8 Å². The van der Waals surface area contributed by atoms with Gasteiger partial charge in [-0.05, 0) is 36.2 Å². The molecule has 1 aliphatic rings. The zero-order valence-corrected chi connectivity index (χ0v) is 25.5. The lowest BCUT2D eigenvalue weighted by Gasteiger charge is -2.53. The van der Waals surface area contributed by atoms with Crippen LogP contribution in [-0.2, 0) is 23.4 Å². The molecule has 1 N–H and O–H groups in total. The molecule has 0 unspecified atom stereocenters. The van der Waals surface area contributed by atoms with E-state index >= 15 is 0 Å². The normalized spacial score (nSPS) is 24.2. The fourth-order valence-electron chi connectivity index (χ4n) is 5.57. The molecule has 3 atom stereocenters. The smallest absolute Gasteiger partial charge is 0.311 e. The fraction of sp³-hybridized carbons (Fsp3) is 0.581. The van der Waals surface area contributed by atoms with Gasteiger partial charge in [0, 0.05) is 18.9 Å². The molecule has 6 nitrogen and oxygen atoms in total. The first-order valence-corrected chi connectivity index (χ1v) is 15.4. The van der Waals surface area contributed by atoms with Crippen molar-refractivity contribution in [3.63, 3.8) is 0 Å². The van der Waals surface area contributed by atoms with Gasteiger partial charge in [-0.15, -0.1) is 0 Å². The molecule has 0 saturated carbocycles. The summed E-state index contributed by atoms with van der Waals surface area (Å²) in [7, 11) is -1.29. The second-order valence-corrected chi connectivity index (χ2v) is 17.2. The number of benzene rings is 2. The molecule has 1 saturated heterocycles. The molecule has 1 fully saturated rings. The van der Waals surface area contributed by atoms with Gasteiger partial charge >= 0.3 is 5.97 Å². The van der Waals surface area contributed by atoms with E-state index in [9.17, 15) is 9.90 Å². The van der Waals surface area contributed by atoms with Crippen LogP contribution in [0.3, 0.4) is 0 Å². The van der Waals surface area contributed by atoms with E-state index in [0.29, 0.717) is 6.42 Å². The van der Waals surface area contributed by atoms with Crippen molar-refractivity contribution < 1.29 is 28.5 Å². The predicted molar refractivity (Wildman–Crippen MR) is 153 cm³/mol. The van der Waals surface area contributed by atoms with Crippen LogP contribution < -0.4 is 10.4 Å². The van der Waals surface area contributed by atoms with Gasteiger partial charge < -0.3 is 23.7 Å². The Kier molecular flexibility index (Phi) is 9.01. The van der Waals surface area contributed by atoms with Crippen LogP contribution in [0.4, 0.5) is 0 Å². The van der Waals surface area contributed by atoms with Gasteiger partial charge in [0.2, 0.25) is 0 Å². The van der Waals surface area contributed by atoms with E-state index in [1.54, 1.807) is 0 Å². The van der Waals surface area contributed by atoms with Crippen molar-refractivity contribution in [3.05, 3.63) is 60.7 Å². The minimum Gasteiger partial charge on any atom is -0.460 e. The van der Waals surface area contributed by atoms with Gasteiger partial charge in [0.25, 0.3) is 8.32 Å². The molecule has 0 bridgehead atoms. The molecular weight excluding hydrogens is 496 g/mol. The summed E-state index contributed by atoms with van der Waals surface area (Å²) in [6, 6.07) is 20.8. The molecule has 2 aromatic carbocycles. The van der Waals surface area contributed by atoms with Crippen molar-refractivity contribution in [1.29, 1.82) is 0 Å². The first-order valence-electron chi connectivity index (χ1n) is 13.5. The number of hydrogen-bond acceptors (Lipinski definition) is 6. The Balaban J connectivity index is 1.98. The van der Waals surface area contributed by atoms with E-state index in [2.05, 4.69) is 69.3 Å². The predicted octanol–water partition coefficient (Wildman–Crippen LogP) is 4.81. The van der Waals surface area contributed by atoms with Crippen molar-refractivity contribution in [2.24, 2.45) is 5.41 Å². The zero-order chi connectivity index (χ0) is 28.4. The van der Waals surface area contributed by atoms with Crippen LogP contribution in [0.1, 0.15) is 68.2 Å². The average molecular weight is 543 g/mol. The Labute approximate surface area is 229 Å². The van der Waals surface area contributed by atoms with Crippen LogP contribution >= 0.6 is 0 Å². The Morgan fingerprint density at radius 2 is 1.47 bits per heavy atom. The number of esters is 1. The number of methoxy groups -OCH3 is 1. The molecule has 210 valence electrons. The third-order valence-electron chi connectivity index (χ3n) is 7.69. The van der Waals surface area contributed by atoms with Crippen LogP contribution in [-0.4, -0.2) is 56.7 Å². The molecule has 2 aromatic rings. The van der Waals surface area contributed by atoms with Gasteiger partial charge in [-0.1, -0.05) is 95.3 Å². The second-order valence-electron chi connectivity index (χ2n) is 12.9. The lowest BCUT2D eigenvalue weighted by Crippen LogP contribution is -2.68. The summed E-state index contributed by atoms with van der Waals surface area (Å²) in [4.78, 5) is 12.9. The van der Waals surface area contributed by atoms with Crippen LogP contribution in [0.25, 0.3) is 0 Å². The van der Waals surface area contributed by atoms with Crippen molar-refractivity contribution in [1.82, 2.24) is 0 Å². The summed E-state index contributed by atoms with van der Waals surface area (Å²) >= 11 is 0. The highest BCUT2D eigenvalue weighted by Gasteiger charge is 2.58. The highest BCUT2D eigenvalue weighted by molar-refractivity contribution is 6.99. The molecule has 0 aromatic heterocycles. The Hall–Kier alpha value is -2.03. The lowest BCUT2D eigenvalue weighted by atomic mass is 9.72. The number of aliphatic hydroxyl groups is 1.